The van der Waals surface area contributed by atoms with E-state index in [1.54, 1.807) is 7.11 Å². The van der Waals surface area contributed by atoms with Gasteiger partial charge in [0.15, 0.2) is 0 Å². The number of hydrogen-bond donors (Lipinski definition) is 3. The number of nitrogens with one attached hydrogen (secondary N) is 1. The van der Waals surface area contributed by atoms with Gasteiger partial charge < -0.3 is 29.9 Å². The van der Waals surface area contributed by atoms with Crippen molar-refractivity contribution in [2.24, 2.45) is 10.8 Å². The molecule has 1 atom stereocenters. The van der Waals surface area contributed by atoms with Crippen LogP contribution in [0.1, 0.15) is 65.4 Å². The Morgan fingerprint density at radius 3 is 2.41 bits per heavy atom. The number of methoxy groups -OCH3 is 1. The van der Waals surface area contributed by atoms with Gasteiger partial charge in [0.2, 0.25) is 0 Å². The molecule has 0 amide bonds. The predicted octanol–water partition coefficient (Wildman–Crippen LogP) is 3.59. The van der Waals surface area contributed by atoms with Crippen LogP contribution >= 0.6 is 0 Å². The van der Waals surface area contributed by atoms with E-state index in [0.29, 0.717) is 30.0 Å². The van der Waals surface area contributed by atoms with Crippen LogP contribution in [0.2, 0.25) is 0 Å². The van der Waals surface area contributed by atoms with Crippen molar-refractivity contribution in [2.75, 3.05) is 33.4 Å². The normalized spacial score (nSPS) is 23.1. The number of hydrogen-bond acceptors (Lipinski definition) is 6. The highest BCUT2D eigenvalue weighted by atomic mass is 16.5. The highest BCUT2D eigenvalue weighted by Gasteiger charge is 2.38. The third-order valence-electron chi connectivity index (χ3n) is 6.86. The Morgan fingerprint density at radius 1 is 1.12 bits per heavy atom. The topological polar surface area (TPSA) is 74.2 Å². The fraction of sp³-hybridized carbons (Fsp3) is 0.769. The molecule has 2 aliphatic rings. The number of piperidine rings is 1. The number of ether oxygens (including phenoxy) is 2. The van der Waals surface area contributed by atoms with Crippen LogP contribution in [-0.2, 0) is 6.54 Å². The summed E-state index contributed by atoms with van der Waals surface area (Å²) in [6.07, 6.45) is 4.37. The van der Waals surface area contributed by atoms with Gasteiger partial charge in [-0.25, -0.2) is 0 Å². The molecule has 0 aromatic heterocycles. The van der Waals surface area contributed by atoms with Gasteiger partial charge in [0, 0.05) is 37.8 Å². The van der Waals surface area contributed by atoms with Crippen LogP contribution in [0.4, 0.5) is 0 Å². The fourth-order valence-electron chi connectivity index (χ4n) is 5.85. The van der Waals surface area contributed by atoms with E-state index in [9.17, 15) is 10.2 Å². The van der Waals surface area contributed by atoms with Crippen LogP contribution in [0.5, 0.6) is 11.5 Å². The summed E-state index contributed by atoms with van der Waals surface area (Å²) < 4.78 is 11.5. The van der Waals surface area contributed by atoms with Crippen molar-refractivity contribution in [3.8, 4) is 11.5 Å². The summed E-state index contributed by atoms with van der Waals surface area (Å²) in [7, 11) is 1.68. The maximum absolute atomic E-state index is 10.5. The van der Waals surface area contributed by atoms with Gasteiger partial charge in [0.05, 0.1) is 13.2 Å². The van der Waals surface area contributed by atoms with E-state index < -0.39 is 6.10 Å². The van der Waals surface area contributed by atoms with Crippen LogP contribution in [-0.4, -0.2) is 66.7 Å². The highest BCUT2D eigenvalue weighted by Crippen LogP contribution is 2.45. The minimum Gasteiger partial charge on any atom is -0.497 e. The Bertz CT molecular complexity index is 713. The Hall–Kier alpha value is -1.34. The van der Waals surface area contributed by atoms with E-state index in [0.717, 1.165) is 43.0 Å². The van der Waals surface area contributed by atoms with E-state index in [-0.39, 0.29) is 12.7 Å². The van der Waals surface area contributed by atoms with Crippen LogP contribution in [0.25, 0.3) is 0 Å². The molecule has 1 aliphatic heterocycles. The van der Waals surface area contributed by atoms with Crippen molar-refractivity contribution in [3.63, 3.8) is 0 Å². The van der Waals surface area contributed by atoms with E-state index in [2.05, 4.69) is 37.9 Å². The van der Waals surface area contributed by atoms with Crippen LogP contribution in [0.15, 0.2) is 18.2 Å². The Labute approximate surface area is 194 Å². The molecule has 1 aromatic carbocycles. The molecule has 1 aromatic rings. The summed E-state index contributed by atoms with van der Waals surface area (Å²) in [5.41, 5.74) is 1.72. The molecule has 3 rings (SSSR count). The third kappa shape index (κ3) is 7.62. The van der Waals surface area contributed by atoms with E-state index >= 15 is 0 Å². The first-order valence-electron chi connectivity index (χ1n) is 12.2. The van der Waals surface area contributed by atoms with Crippen molar-refractivity contribution in [2.45, 2.75) is 84.6 Å². The van der Waals surface area contributed by atoms with Crippen LogP contribution in [0, 0.1) is 10.8 Å². The largest absolute Gasteiger partial charge is 0.497 e. The van der Waals surface area contributed by atoms with E-state index in [1.807, 2.05) is 18.2 Å². The molecule has 0 bridgehead atoms. The first-order chi connectivity index (χ1) is 15.0. The van der Waals surface area contributed by atoms with Gasteiger partial charge in [0.25, 0.3) is 0 Å². The highest BCUT2D eigenvalue weighted by molar-refractivity contribution is 5.40. The lowest BCUT2D eigenvalue weighted by atomic mass is 9.63. The van der Waals surface area contributed by atoms with Gasteiger partial charge in [-0.15, -0.1) is 0 Å². The molecular weight excluding hydrogens is 404 g/mol. The van der Waals surface area contributed by atoms with Gasteiger partial charge in [-0.3, -0.25) is 0 Å². The zero-order valence-electron chi connectivity index (χ0n) is 20.7. The Balaban J connectivity index is 1.57. The second-order valence-corrected chi connectivity index (χ2v) is 11.5. The molecule has 2 fully saturated rings. The maximum atomic E-state index is 10.5. The summed E-state index contributed by atoms with van der Waals surface area (Å²) in [4.78, 5) is 2.20. The van der Waals surface area contributed by atoms with Gasteiger partial charge in [-0.05, 0) is 61.1 Å². The minimum absolute atomic E-state index is 0.200. The van der Waals surface area contributed by atoms with Crippen molar-refractivity contribution >= 4 is 0 Å². The monoisotopic (exact) mass is 448 g/mol. The maximum Gasteiger partial charge on any atom is 0.124 e. The van der Waals surface area contributed by atoms with Crippen LogP contribution in [0.3, 0.4) is 0 Å². The predicted molar refractivity (Wildman–Crippen MR) is 128 cm³/mol. The first-order valence-corrected chi connectivity index (χ1v) is 12.2. The molecule has 182 valence electrons. The zero-order chi connectivity index (χ0) is 23.4. The average molecular weight is 449 g/mol. The van der Waals surface area contributed by atoms with Gasteiger partial charge in [-0.2, -0.15) is 0 Å². The van der Waals surface area contributed by atoms with Crippen molar-refractivity contribution in [1.29, 1.82) is 0 Å². The lowest BCUT2D eigenvalue weighted by molar-refractivity contribution is 0.0335. The fourth-order valence-corrected chi connectivity index (χ4v) is 5.85. The van der Waals surface area contributed by atoms with Gasteiger partial charge in [0.1, 0.15) is 24.2 Å². The molecule has 32 heavy (non-hydrogen) atoms. The number of likely N-dealkylation sites (tertiary alicyclic amines) is 1. The molecule has 1 heterocycles. The number of nitrogens with zero attached hydrogens (tertiary/aromatic N) is 1. The zero-order valence-corrected chi connectivity index (χ0v) is 20.7. The summed E-state index contributed by atoms with van der Waals surface area (Å²) in [5, 5.41) is 23.9. The first kappa shape index (κ1) is 25.3. The molecule has 6 nitrogen and oxygen atoms in total. The average Bonchev–Trinajstić information content (AvgIpc) is 2.70. The molecule has 1 saturated heterocycles. The third-order valence-corrected chi connectivity index (χ3v) is 6.86. The van der Waals surface area contributed by atoms with E-state index in [1.165, 1.54) is 19.3 Å². The summed E-state index contributed by atoms with van der Waals surface area (Å²) in [6, 6.07) is 6.34. The number of rotatable bonds is 9. The van der Waals surface area contributed by atoms with E-state index in [4.69, 9.17) is 9.47 Å². The molecule has 0 unspecified atom stereocenters. The second kappa shape index (κ2) is 10.7. The SMILES string of the molecule is COc1ccc(OC[C@@H](O)CN2CCC(O)CC2)c(CNC2CC(C)(C)CC(C)(C)C2)c1. The molecule has 1 aliphatic carbocycles. The summed E-state index contributed by atoms with van der Waals surface area (Å²) in [6.45, 7) is 12.7. The Morgan fingerprint density at radius 2 is 1.78 bits per heavy atom. The number of β-amino-alcohol motifs (C(OH)–C–C–N with tert-alkyl or cyclic N) is 1. The molecule has 3 N–H and O–H groups in total. The van der Waals surface area contributed by atoms with Gasteiger partial charge >= 0.3 is 0 Å². The molecule has 6 heteroatoms. The standard InChI is InChI=1S/C26H44N2O4/c1-25(2)13-20(14-26(3,4)18-25)27-15-19-12-23(31-5)6-7-24(19)32-17-22(30)16-28-10-8-21(29)9-11-28/h6-7,12,20-22,27,29-30H,8-11,13-18H2,1-5H3/t22-/m0/s1. The molecule has 0 radical (unpaired) electrons. The van der Waals surface area contributed by atoms with Crippen molar-refractivity contribution in [3.05, 3.63) is 23.8 Å². The number of benzene rings is 1. The van der Waals surface area contributed by atoms with Crippen molar-refractivity contribution < 1.29 is 19.7 Å². The second-order valence-electron chi connectivity index (χ2n) is 11.5. The smallest absolute Gasteiger partial charge is 0.124 e. The quantitative estimate of drug-likeness (QED) is 0.536. The Kier molecular flexibility index (Phi) is 8.48. The molecule has 1 saturated carbocycles. The molecular formula is C26H44N2O4. The summed E-state index contributed by atoms with van der Waals surface area (Å²) in [5.74, 6) is 1.60. The van der Waals surface area contributed by atoms with Crippen molar-refractivity contribution in [1.82, 2.24) is 10.2 Å². The van der Waals surface area contributed by atoms with Crippen LogP contribution < -0.4 is 14.8 Å². The van der Waals surface area contributed by atoms with Gasteiger partial charge in [-0.1, -0.05) is 27.7 Å². The summed E-state index contributed by atoms with van der Waals surface area (Å²) >= 11 is 0. The molecule has 0 spiro atoms. The lowest BCUT2D eigenvalue weighted by Gasteiger charge is -2.45. The lowest BCUT2D eigenvalue weighted by Crippen LogP contribution is -2.43. The number of aliphatic hydroxyl groups excluding tert-OH is 2. The number of aliphatic hydroxyl groups is 2. The minimum atomic E-state index is -0.562.